The molecule has 1 unspecified atom stereocenters. The van der Waals surface area contributed by atoms with E-state index in [1.807, 2.05) is 62.4 Å². The van der Waals surface area contributed by atoms with Gasteiger partial charge in [0.1, 0.15) is 12.4 Å². The summed E-state index contributed by atoms with van der Waals surface area (Å²) < 4.78 is 13.4. The number of nitrogens with zero attached hydrogens (tertiary/aromatic N) is 3. The molecule has 2 heterocycles. The molecule has 0 aliphatic rings. The lowest BCUT2D eigenvalue weighted by Crippen LogP contribution is -2.45. The molecule has 8 heteroatoms. The minimum absolute atomic E-state index is 0.0529. The third-order valence-corrected chi connectivity index (χ3v) is 5.92. The number of benzene rings is 2. The zero-order chi connectivity index (χ0) is 24.9. The molecule has 8 nitrogen and oxygen atoms in total. The van der Waals surface area contributed by atoms with Gasteiger partial charge in [0.15, 0.2) is 0 Å². The Hall–Kier alpha value is -3.91. The SMILES string of the molecule is CC(C)OCC(COc1ccc2c3ccncc3c(=O)n(C)c2c1)N(Cc1ccccc1)C(=O)O. The molecule has 2 aromatic carbocycles. The van der Waals surface area contributed by atoms with Gasteiger partial charge in [-0.3, -0.25) is 14.7 Å². The highest BCUT2D eigenvalue weighted by Crippen LogP contribution is 2.26. The van der Waals surface area contributed by atoms with Crippen LogP contribution in [-0.4, -0.2) is 51.0 Å². The van der Waals surface area contributed by atoms with E-state index in [1.165, 1.54) is 4.90 Å². The lowest BCUT2D eigenvalue weighted by atomic mass is 10.1. The fourth-order valence-corrected chi connectivity index (χ4v) is 4.05. The van der Waals surface area contributed by atoms with Crippen molar-refractivity contribution in [2.24, 2.45) is 7.05 Å². The standard InChI is InChI=1S/C27H29N3O5/c1-18(2)34-16-20(30(27(32)33)15-19-7-5-4-6-8-19)17-35-21-9-10-23-22-11-12-28-14-24(22)26(31)29(3)25(23)13-21/h4-14,18,20H,15-17H2,1-3H3,(H,32,33). The van der Waals surface area contributed by atoms with Gasteiger partial charge in [0, 0.05) is 37.4 Å². The Morgan fingerprint density at radius 1 is 1.06 bits per heavy atom. The zero-order valence-electron chi connectivity index (χ0n) is 20.0. The molecular weight excluding hydrogens is 446 g/mol. The van der Waals surface area contributed by atoms with E-state index in [0.717, 1.165) is 21.9 Å². The maximum atomic E-state index is 12.8. The maximum absolute atomic E-state index is 12.8. The normalized spacial score (nSPS) is 12.2. The van der Waals surface area contributed by atoms with Gasteiger partial charge in [-0.15, -0.1) is 0 Å². The first kappa shape index (κ1) is 24.2. The minimum Gasteiger partial charge on any atom is -0.491 e. The molecule has 1 atom stereocenters. The first-order valence-corrected chi connectivity index (χ1v) is 11.5. The lowest BCUT2D eigenvalue weighted by Gasteiger charge is -2.30. The predicted molar refractivity (Wildman–Crippen MR) is 135 cm³/mol. The van der Waals surface area contributed by atoms with Crippen molar-refractivity contribution in [3.8, 4) is 5.75 Å². The number of hydrogen-bond acceptors (Lipinski definition) is 5. The number of amides is 1. The maximum Gasteiger partial charge on any atom is 0.408 e. The van der Waals surface area contributed by atoms with E-state index >= 15 is 0 Å². The summed E-state index contributed by atoms with van der Waals surface area (Å²) in [7, 11) is 1.71. The fourth-order valence-electron chi connectivity index (χ4n) is 4.05. The monoisotopic (exact) mass is 475 g/mol. The first-order chi connectivity index (χ1) is 16.8. The van der Waals surface area contributed by atoms with Crippen LogP contribution in [-0.2, 0) is 18.3 Å². The second-order valence-corrected chi connectivity index (χ2v) is 8.71. The molecule has 2 aromatic heterocycles. The van der Waals surface area contributed by atoms with Crippen molar-refractivity contribution in [2.75, 3.05) is 13.2 Å². The van der Waals surface area contributed by atoms with Crippen LogP contribution < -0.4 is 10.3 Å². The smallest absolute Gasteiger partial charge is 0.408 e. The van der Waals surface area contributed by atoms with Crippen LogP contribution in [0.5, 0.6) is 5.75 Å². The van der Waals surface area contributed by atoms with Crippen LogP contribution in [0.4, 0.5) is 4.79 Å². The molecule has 0 fully saturated rings. The van der Waals surface area contributed by atoms with Gasteiger partial charge in [0.25, 0.3) is 5.56 Å². The summed E-state index contributed by atoms with van der Waals surface area (Å²) in [6, 6.07) is 16.3. The van der Waals surface area contributed by atoms with Crippen LogP contribution in [0.15, 0.2) is 71.8 Å². The van der Waals surface area contributed by atoms with Gasteiger partial charge in [-0.2, -0.15) is 0 Å². The van der Waals surface area contributed by atoms with E-state index in [9.17, 15) is 14.7 Å². The molecule has 4 aromatic rings. The summed E-state index contributed by atoms with van der Waals surface area (Å²) in [6.45, 7) is 4.33. The summed E-state index contributed by atoms with van der Waals surface area (Å²) in [5.74, 6) is 0.542. The Balaban J connectivity index is 1.61. The molecule has 0 aliphatic heterocycles. The van der Waals surface area contributed by atoms with E-state index in [2.05, 4.69) is 4.98 Å². The van der Waals surface area contributed by atoms with Crippen molar-refractivity contribution in [3.63, 3.8) is 0 Å². The summed E-state index contributed by atoms with van der Waals surface area (Å²) in [5, 5.41) is 12.2. The number of carboxylic acid groups (broad SMARTS) is 1. The number of aryl methyl sites for hydroxylation is 1. The predicted octanol–water partition coefficient (Wildman–Crippen LogP) is 4.44. The molecule has 35 heavy (non-hydrogen) atoms. The quantitative estimate of drug-likeness (QED) is 0.360. The number of pyridine rings is 2. The van der Waals surface area contributed by atoms with Crippen molar-refractivity contribution in [3.05, 3.63) is 82.9 Å². The van der Waals surface area contributed by atoms with Crippen LogP contribution in [0.25, 0.3) is 21.7 Å². The number of carbonyl (C=O) groups is 1. The summed E-state index contributed by atoms with van der Waals surface area (Å²) >= 11 is 0. The van der Waals surface area contributed by atoms with E-state index in [0.29, 0.717) is 11.1 Å². The number of fused-ring (bicyclic) bond motifs is 3. The van der Waals surface area contributed by atoms with Gasteiger partial charge >= 0.3 is 6.09 Å². The average molecular weight is 476 g/mol. The Labute approximate surface area is 203 Å². The minimum atomic E-state index is -1.05. The molecule has 0 saturated carbocycles. The fraction of sp³-hybridized carbons (Fsp3) is 0.296. The Bertz CT molecular complexity index is 1380. The van der Waals surface area contributed by atoms with Crippen molar-refractivity contribution < 1.29 is 19.4 Å². The second-order valence-electron chi connectivity index (χ2n) is 8.71. The lowest BCUT2D eigenvalue weighted by molar-refractivity contribution is 0.00947. The second kappa shape index (κ2) is 10.6. The Kier molecular flexibility index (Phi) is 7.31. The van der Waals surface area contributed by atoms with Crippen molar-refractivity contribution >= 4 is 27.8 Å². The zero-order valence-corrected chi connectivity index (χ0v) is 20.0. The molecular formula is C27H29N3O5. The van der Waals surface area contributed by atoms with Crippen LogP contribution in [0.1, 0.15) is 19.4 Å². The van der Waals surface area contributed by atoms with E-state index in [1.54, 1.807) is 30.1 Å². The summed E-state index contributed by atoms with van der Waals surface area (Å²) in [6.07, 6.45) is 2.14. The Morgan fingerprint density at radius 3 is 2.54 bits per heavy atom. The summed E-state index contributed by atoms with van der Waals surface area (Å²) in [5.41, 5.74) is 1.47. The molecule has 0 saturated heterocycles. The van der Waals surface area contributed by atoms with Crippen LogP contribution in [0.2, 0.25) is 0 Å². The van der Waals surface area contributed by atoms with Gasteiger partial charge in [0.2, 0.25) is 0 Å². The number of hydrogen-bond donors (Lipinski definition) is 1. The number of ether oxygens (including phenoxy) is 2. The molecule has 0 bridgehead atoms. The number of rotatable bonds is 9. The van der Waals surface area contributed by atoms with Crippen LogP contribution >= 0.6 is 0 Å². The highest BCUT2D eigenvalue weighted by molar-refractivity contribution is 6.05. The third kappa shape index (κ3) is 5.44. The molecule has 4 rings (SSSR count). The van der Waals surface area contributed by atoms with E-state index < -0.39 is 12.1 Å². The van der Waals surface area contributed by atoms with Crippen LogP contribution in [0.3, 0.4) is 0 Å². The van der Waals surface area contributed by atoms with Crippen molar-refractivity contribution in [2.45, 2.75) is 32.5 Å². The third-order valence-electron chi connectivity index (χ3n) is 5.92. The van der Waals surface area contributed by atoms with Crippen molar-refractivity contribution in [1.29, 1.82) is 0 Å². The highest BCUT2D eigenvalue weighted by atomic mass is 16.5. The molecule has 0 radical (unpaired) electrons. The van der Waals surface area contributed by atoms with E-state index in [4.69, 9.17) is 9.47 Å². The molecule has 182 valence electrons. The van der Waals surface area contributed by atoms with Gasteiger partial charge in [-0.05, 0) is 43.0 Å². The van der Waals surface area contributed by atoms with Gasteiger partial charge in [-0.1, -0.05) is 30.3 Å². The van der Waals surface area contributed by atoms with Crippen LogP contribution in [0, 0.1) is 0 Å². The van der Waals surface area contributed by atoms with Gasteiger partial charge < -0.3 is 19.1 Å². The van der Waals surface area contributed by atoms with Gasteiger partial charge in [0.05, 0.1) is 29.7 Å². The molecule has 1 N–H and O–H groups in total. The topological polar surface area (TPSA) is 93.9 Å². The number of aromatic nitrogens is 2. The van der Waals surface area contributed by atoms with Crippen molar-refractivity contribution in [1.82, 2.24) is 14.5 Å². The molecule has 0 aliphatic carbocycles. The highest BCUT2D eigenvalue weighted by Gasteiger charge is 2.25. The first-order valence-electron chi connectivity index (χ1n) is 11.5. The largest absolute Gasteiger partial charge is 0.491 e. The molecule has 1 amide bonds. The van der Waals surface area contributed by atoms with Gasteiger partial charge in [-0.25, -0.2) is 4.79 Å². The molecule has 0 spiro atoms. The summed E-state index contributed by atoms with van der Waals surface area (Å²) in [4.78, 5) is 30.4. The average Bonchev–Trinajstić information content (AvgIpc) is 2.86. The van der Waals surface area contributed by atoms with E-state index in [-0.39, 0.29) is 31.4 Å². The Morgan fingerprint density at radius 2 is 1.83 bits per heavy atom.